The van der Waals surface area contributed by atoms with Crippen molar-refractivity contribution < 1.29 is 9.52 Å². The number of hydrogen-bond donors (Lipinski definition) is 1. The average Bonchev–Trinajstić information content (AvgIpc) is 3.01. The summed E-state index contributed by atoms with van der Waals surface area (Å²) in [6.07, 6.45) is 3.90. The van der Waals surface area contributed by atoms with Crippen molar-refractivity contribution in [2.24, 2.45) is 0 Å². The summed E-state index contributed by atoms with van der Waals surface area (Å²) >= 11 is 11.5. The average molecular weight is 290 g/mol. The van der Waals surface area contributed by atoms with Gasteiger partial charge in [0.2, 0.25) is 0 Å². The summed E-state index contributed by atoms with van der Waals surface area (Å²) < 4.78 is 5.22. The van der Waals surface area contributed by atoms with Crippen molar-refractivity contribution in [3.63, 3.8) is 0 Å². The summed E-state index contributed by atoms with van der Waals surface area (Å²) in [5, 5.41) is 10.7. The van der Waals surface area contributed by atoms with Crippen LogP contribution < -0.4 is 0 Å². The number of hydrogen-bond acceptors (Lipinski definition) is 3. The van der Waals surface area contributed by atoms with E-state index in [4.69, 9.17) is 27.6 Å². The largest absolute Gasteiger partial charge is 0.467 e. The lowest BCUT2D eigenvalue weighted by Crippen LogP contribution is -2.31. The van der Waals surface area contributed by atoms with Gasteiger partial charge in [0.25, 0.3) is 0 Å². The van der Waals surface area contributed by atoms with Gasteiger partial charge in [-0.15, -0.1) is 0 Å². The van der Waals surface area contributed by atoms with Gasteiger partial charge in [-0.2, -0.15) is 0 Å². The lowest BCUT2D eigenvalue weighted by atomic mass is 10.1. The molecule has 100 valence electrons. The molecule has 2 atom stereocenters. The Hall–Kier alpha value is -0.480. The minimum Gasteiger partial charge on any atom is -0.467 e. The number of likely N-dealkylation sites (tertiary alicyclic amines) is 1. The third kappa shape index (κ3) is 3.51. The first-order valence-electron chi connectivity index (χ1n) is 6.11. The molecule has 1 saturated heterocycles. The molecule has 0 saturated carbocycles. The van der Waals surface area contributed by atoms with Gasteiger partial charge in [-0.05, 0) is 37.9 Å². The highest BCUT2D eigenvalue weighted by atomic mass is 35.5. The van der Waals surface area contributed by atoms with Gasteiger partial charge in [-0.1, -0.05) is 23.2 Å². The van der Waals surface area contributed by atoms with E-state index in [1.165, 1.54) is 5.54 Å². The maximum absolute atomic E-state index is 10.1. The molecule has 0 bridgehead atoms. The Morgan fingerprint density at radius 3 is 3.17 bits per heavy atom. The normalized spacial score (nSPS) is 23.5. The highest BCUT2D eigenvalue weighted by molar-refractivity contribution is 6.36. The molecule has 3 nitrogen and oxygen atoms in total. The number of aliphatic hydroxyl groups excluding tert-OH is 1. The Labute approximate surface area is 117 Å². The van der Waals surface area contributed by atoms with Gasteiger partial charge in [0.1, 0.15) is 11.9 Å². The zero-order valence-electron chi connectivity index (χ0n) is 10.1. The van der Waals surface area contributed by atoms with Crippen LogP contribution in [0.3, 0.4) is 0 Å². The lowest BCUT2D eigenvalue weighted by Gasteiger charge is -2.25. The van der Waals surface area contributed by atoms with E-state index in [1.807, 2.05) is 0 Å². The van der Waals surface area contributed by atoms with Crippen LogP contribution in [-0.4, -0.2) is 29.1 Å². The molecule has 2 rings (SSSR count). The van der Waals surface area contributed by atoms with Gasteiger partial charge >= 0.3 is 0 Å². The van der Waals surface area contributed by atoms with Crippen LogP contribution in [0.2, 0.25) is 0 Å². The first-order valence-corrected chi connectivity index (χ1v) is 6.92. The Balaban J connectivity index is 1.91. The number of nitrogens with zero attached hydrogens (tertiary/aromatic N) is 1. The molecule has 1 aliphatic heterocycles. The van der Waals surface area contributed by atoms with Crippen molar-refractivity contribution in [1.29, 1.82) is 0 Å². The smallest absolute Gasteiger partial charge is 0.132 e. The van der Waals surface area contributed by atoms with Crippen LogP contribution in [0, 0.1) is 0 Å². The topological polar surface area (TPSA) is 36.6 Å². The first-order chi connectivity index (χ1) is 8.70. The summed E-state index contributed by atoms with van der Waals surface area (Å²) in [4.78, 5) is 2.26. The molecular formula is C13H17Cl2NO2. The fraction of sp³-hybridized carbons (Fsp3) is 0.538. The fourth-order valence-electron chi connectivity index (χ4n) is 2.45. The molecule has 1 aromatic heterocycles. The number of furan rings is 1. The van der Waals surface area contributed by atoms with Crippen LogP contribution in [0.4, 0.5) is 0 Å². The van der Waals surface area contributed by atoms with Crippen LogP contribution in [0.5, 0.6) is 0 Å². The van der Waals surface area contributed by atoms with E-state index in [2.05, 4.69) is 4.90 Å². The first kappa shape index (κ1) is 13.9. The van der Waals surface area contributed by atoms with Gasteiger partial charge in [-0.3, -0.25) is 4.90 Å². The summed E-state index contributed by atoms with van der Waals surface area (Å²) in [6.45, 7) is 1.65. The minimum atomic E-state index is -0.552. The molecule has 0 radical (unpaired) electrons. The molecule has 0 aliphatic carbocycles. The van der Waals surface area contributed by atoms with E-state index in [-0.39, 0.29) is 0 Å². The Bertz CT molecular complexity index is 392. The molecule has 0 spiro atoms. The second kappa shape index (κ2) is 6.62. The Morgan fingerprint density at radius 1 is 1.67 bits per heavy atom. The summed E-state index contributed by atoms with van der Waals surface area (Å²) in [5.74, 6) is 0.626. The SMILES string of the molecule is OC(CC1CCCN1C/C(Cl)=C/Cl)c1ccco1. The van der Waals surface area contributed by atoms with Crippen molar-refractivity contribution in [2.75, 3.05) is 13.1 Å². The van der Waals surface area contributed by atoms with Crippen molar-refractivity contribution in [3.05, 3.63) is 34.7 Å². The van der Waals surface area contributed by atoms with Crippen LogP contribution >= 0.6 is 23.2 Å². The van der Waals surface area contributed by atoms with Crippen molar-refractivity contribution in [1.82, 2.24) is 4.90 Å². The highest BCUT2D eigenvalue weighted by Gasteiger charge is 2.28. The second-order valence-corrected chi connectivity index (χ2v) is 5.29. The minimum absolute atomic E-state index is 0.329. The molecule has 1 aromatic rings. The predicted octanol–water partition coefficient (Wildman–Crippen LogP) is 3.49. The molecule has 1 N–H and O–H groups in total. The summed E-state index contributed by atoms with van der Waals surface area (Å²) in [5.41, 5.74) is 1.40. The fourth-order valence-corrected chi connectivity index (χ4v) is 2.68. The predicted molar refractivity (Wildman–Crippen MR) is 72.7 cm³/mol. The molecule has 2 unspecified atom stereocenters. The molecular weight excluding hydrogens is 273 g/mol. The number of halogens is 2. The van der Waals surface area contributed by atoms with E-state index in [0.29, 0.717) is 29.8 Å². The van der Waals surface area contributed by atoms with Crippen LogP contribution in [0.1, 0.15) is 31.1 Å². The molecule has 1 aliphatic rings. The second-order valence-electron chi connectivity index (χ2n) is 4.59. The van der Waals surface area contributed by atoms with Crippen LogP contribution in [0.15, 0.2) is 33.4 Å². The van der Waals surface area contributed by atoms with Gasteiger partial charge in [0.05, 0.1) is 6.26 Å². The molecule has 0 aromatic carbocycles. The lowest BCUT2D eigenvalue weighted by molar-refractivity contribution is 0.105. The van der Waals surface area contributed by atoms with Crippen molar-refractivity contribution in [3.8, 4) is 0 Å². The molecule has 5 heteroatoms. The molecule has 2 heterocycles. The third-order valence-corrected chi connectivity index (χ3v) is 3.94. The van der Waals surface area contributed by atoms with E-state index in [0.717, 1.165) is 19.4 Å². The number of aliphatic hydroxyl groups is 1. The maximum Gasteiger partial charge on any atom is 0.132 e. The van der Waals surface area contributed by atoms with Gasteiger partial charge in [0, 0.05) is 23.2 Å². The summed E-state index contributed by atoms with van der Waals surface area (Å²) in [6, 6.07) is 3.92. The zero-order chi connectivity index (χ0) is 13.0. The Morgan fingerprint density at radius 2 is 2.50 bits per heavy atom. The van der Waals surface area contributed by atoms with E-state index >= 15 is 0 Å². The van der Waals surface area contributed by atoms with E-state index < -0.39 is 6.10 Å². The monoisotopic (exact) mass is 289 g/mol. The van der Waals surface area contributed by atoms with Crippen LogP contribution in [-0.2, 0) is 0 Å². The van der Waals surface area contributed by atoms with E-state index in [1.54, 1.807) is 18.4 Å². The molecule has 1 fully saturated rings. The van der Waals surface area contributed by atoms with Crippen molar-refractivity contribution in [2.45, 2.75) is 31.4 Å². The number of rotatable bonds is 5. The highest BCUT2D eigenvalue weighted by Crippen LogP contribution is 2.28. The van der Waals surface area contributed by atoms with E-state index in [9.17, 15) is 5.11 Å². The van der Waals surface area contributed by atoms with Gasteiger partial charge < -0.3 is 9.52 Å². The Kier molecular flexibility index (Phi) is 5.13. The standard InChI is InChI=1S/C13H17Cl2NO2/c14-8-10(15)9-16-5-1-3-11(16)7-12(17)13-4-2-6-18-13/h2,4,6,8,11-12,17H,1,3,5,7,9H2/b10-8-. The summed E-state index contributed by atoms with van der Waals surface area (Å²) in [7, 11) is 0. The molecule has 18 heavy (non-hydrogen) atoms. The van der Waals surface area contributed by atoms with Gasteiger partial charge in [0.15, 0.2) is 0 Å². The van der Waals surface area contributed by atoms with Crippen LogP contribution in [0.25, 0.3) is 0 Å². The maximum atomic E-state index is 10.1. The quantitative estimate of drug-likeness (QED) is 0.902. The van der Waals surface area contributed by atoms with Crippen molar-refractivity contribution >= 4 is 23.2 Å². The third-order valence-electron chi connectivity index (χ3n) is 3.34. The van der Waals surface area contributed by atoms with Gasteiger partial charge in [-0.25, -0.2) is 0 Å². The zero-order valence-corrected chi connectivity index (χ0v) is 11.6. The molecule has 0 amide bonds.